The molecule has 2 N–H and O–H groups in total. The van der Waals surface area contributed by atoms with Crippen molar-refractivity contribution < 1.29 is 43.6 Å². The molecular weight excluding hydrogens is 468 g/mol. The van der Waals surface area contributed by atoms with E-state index in [2.05, 4.69) is 24.5 Å². The molecule has 9 nitrogen and oxygen atoms in total. The third kappa shape index (κ3) is 13.8. The maximum Gasteiger partial charge on any atom is 0.340 e. The Morgan fingerprint density at radius 2 is 1.44 bits per heavy atom. The number of hydrogen-bond donors (Lipinski definition) is 2. The standard InChI is InChI=1S/C19H24O6.C8H10O3/c1-14(7-6-10-20)18(22)24-13-17(12-21)25-19(23)15(2)11-16-8-4-3-5-9-16;1-5(2)7(9)11-8(10)6(3)4/h3-5,8-9,11,17,20-21H,1,6-7,10,12-13H2,2H3;1,3H2,2,4H3. The summed E-state index contributed by atoms with van der Waals surface area (Å²) < 4.78 is 14.4. The number of aliphatic hydroxyl groups is 2. The fraction of sp³-hybridized carbons (Fsp3) is 0.333. The van der Waals surface area contributed by atoms with Crippen molar-refractivity contribution in [3.8, 4) is 0 Å². The third-order valence-electron chi connectivity index (χ3n) is 4.19. The van der Waals surface area contributed by atoms with Crippen molar-refractivity contribution in [2.24, 2.45) is 0 Å². The summed E-state index contributed by atoms with van der Waals surface area (Å²) in [6, 6.07) is 9.27. The van der Waals surface area contributed by atoms with Crippen LogP contribution in [0.1, 0.15) is 39.2 Å². The SMILES string of the molecule is C=C(C)C(=O)OC(=O)C(=C)C.C=C(CCCO)C(=O)OCC(CO)OC(=O)C(C)=Cc1ccccc1. The van der Waals surface area contributed by atoms with Crippen molar-refractivity contribution in [1.82, 2.24) is 0 Å². The van der Waals surface area contributed by atoms with Crippen molar-refractivity contribution in [3.63, 3.8) is 0 Å². The predicted octanol–water partition coefficient (Wildman–Crippen LogP) is 3.07. The van der Waals surface area contributed by atoms with E-state index in [0.29, 0.717) is 18.4 Å². The summed E-state index contributed by atoms with van der Waals surface area (Å²) in [7, 11) is 0. The van der Waals surface area contributed by atoms with Crippen molar-refractivity contribution in [1.29, 1.82) is 0 Å². The smallest absolute Gasteiger partial charge is 0.340 e. The van der Waals surface area contributed by atoms with Gasteiger partial charge in [-0.1, -0.05) is 50.1 Å². The largest absolute Gasteiger partial charge is 0.458 e. The summed E-state index contributed by atoms with van der Waals surface area (Å²) >= 11 is 0. The second-order valence-corrected chi connectivity index (χ2v) is 7.71. The lowest BCUT2D eigenvalue weighted by Crippen LogP contribution is -2.29. The highest BCUT2D eigenvalue weighted by atomic mass is 16.6. The number of rotatable bonds is 12. The number of hydrogen-bond acceptors (Lipinski definition) is 9. The lowest BCUT2D eigenvalue weighted by Gasteiger charge is -2.16. The van der Waals surface area contributed by atoms with E-state index >= 15 is 0 Å². The molecule has 36 heavy (non-hydrogen) atoms. The van der Waals surface area contributed by atoms with Crippen molar-refractivity contribution in [3.05, 3.63) is 77.9 Å². The number of carbonyl (C=O) groups excluding carboxylic acids is 4. The molecule has 0 aliphatic heterocycles. The fourth-order valence-corrected chi connectivity index (χ4v) is 2.15. The second-order valence-electron chi connectivity index (χ2n) is 7.71. The van der Waals surface area contributed by atoms with Gasteiger partial charge >= 0.3 is 23.9 Å². The van der Waals surface area contributed by atoms with Crippen LogP contribution in [-0.4, -0.2) is 60.0 Å². The Morgan fingerprint density at radius 3 is 1.92 bits per heavy atom. The second kappa shape index (κ2) is 17.6. The van der Waals surface area contributed by atoms with Crippen LogP contribution in [-0.2, 0) is 33.4 Å². The van der Waals surface area contributed by atoms with E-state index in [1.165, 1.54) is 13.8 Å². The maximum absolute atomic E-state index is 12.0. The van der Waals surface area contributed by atoms with E-state index in [1.807, 2.05) is 30.3 Å². The van der Waals surface area contributed by atoms with Crippen LogP contribution in [0, 0.1) is 0 Å². The number of aliphatic hydroxyl groups excluding tert-OH is 2. The van der Waals surface area contributed by atoms with Crippen LogP contribution < -0.4 is 0 Å². The molecule has 0 spiro atoms. The van der Waals surface area contributed by atoms with E-state index in [-0.39, 0.29) is 29.9 Å². The van der Waals surface area contributed by atoms with Gasteiger partial charge in [0.2, 0.25) is 0 Å². The highest BCUT2D eigenvalue weighted by Gasteiger charge is 2.18. The molecule has 0 radical (unpaired) electrons. The number of benzene rings is 1. The number of carbonyl (C=O) groups is 4. The Hall–Kier alpha value is -3.82. The normalized spacial score (nSPS) is 11.2. The minimum atomic E-state index is -0.957. The van der Waals surface area contributed by atoms with Gasteiger partial charge in [-0.25, -0.2) is 19.2 Å². The number of ether oxygens (including phenoxy) is 3. The van der Waals surface area contributed by atoms with Gasteiger partial charge in [-0.15, -0.1) is 0 Å². The van der Waals surface area contributed by atoms with Crippen molar-refractivity contribution >= 4 is 30.0 Å². The van der Waals surface area contributed by atoms with Crippen LogP contribution in [0.4, 0.5) is 0 Å². The first-order valence-corrected chi connectivity index (χ1v) is 11.0. The zero-order valence-corrected chi connectivity index (χ0v) is 21.0. The van der Waals surface area contributed by atoms with E-state index in [4.69, 9.17) is 14.6 Å². The molecule has 0 amide bonds. The molecule has 9 heteroatoms. The molecule has 1 unspecified atom stereocenters. The Labute approximate surface area is 211 Å². The molecule has 0 aliphatic rings. The summed E-state index contributed by atoms with van der Waals surface area (Å²) in [5, 5.41) is 18.0. The molecule has 1 rings (SSSR count). The molecule has 0 aliphatic carbocycles. The Morgan fingerprint density at radius 1 is 0.889 bits per heavy atom. The highest BCUT2D eigenvalue weighted by molar-refractivity contribution is 6.00. The molecule has 1 aromatic carbocycles. The van der Waals surface area contributed by atoms with Crippen molar-refractivity contribution in [2.75, 3.05) is 19.8 Å². The van der Waals surface area contributed by atoms with E-state index in [0.717, 1.165) is 5.56 Å². The van der Waals surface area contributed by atoms with E-state index in [1.54, 1.807) is 13.0 Å². The third-order valence-corrected chi connectivity index (χ3v) is 4.19. The van der Waals surface area contributed by atoms with Crippen LogP contribution in [0.3, 0.4) is 0 Å². The van der Waals surface area contributed by atoms with Crippen LogP contribution in [0.5, 0.6) is 0 Å². The molecule has 0 bridgehead atoms. The van der Waals surface area contributed by atoms with Crippen LogP contribution in [0.25, 0.3) is 6.08 Å². The van der Waals surface area contributed by atoms with Gasteiger partial charge in [0.05, 0.1) is 6.61 Å². The topological polar surface area (TPSA) is 136 Å². The maximum atomic E-state index is 12.0. The first kappa shape index (κ1) is 32.2. The fourth-order valence-electron chi connectivity index (χ4n) is 2.15. The van der Waals surface area contributed by atoms with Gasteiger partial charge in [0.1, 0.15) is 6.61 Å². The van der Waals surface area contributed by atoms with Crippen LogP contribution in [0.15, 0.2) is 72.4 Å². The molecular formula is C27H34O9. The molecule has 1 atom stereocenters. The van der Waals surface area contributed by atoms with Crippen molar-refractivity contribution in [2.45, 2.75) is 39.7 Å². The molecule has 196 valence electrons. The Balaban J connectivity index is 0.000000935. The zero-order valence-electron chi connectivity index (χ0n) is 21.0. The van der Waals surface area contributed by atoms with E-state index < -0.39 is 36.6 Å². The van der Waals surface area contributed by atoms with Gasteiger partial charge in [-0.2, -0.15) is 0 Å². The molecule has 1 aromatic rings. The van der Waals surface area contributed by atoms with Gasteiger partial charge in [0.25, 0.3) is 0 Å². The van der Waals surface area contributed by atoms with Gasteiger partial charge in [0.15, 0.2) is 6.10 Å². The molecule has 0 saturated heterocycles. The van der Waals surface area contributed by atoms with Gasteiger partial charge in [0, 0.05) is 28.9 Å². The van der Waals surface area contributed by atoms with Crippen LogP contribution in [0.2, 0.25) is 0 Å². The summed E-state index contributed by atoms with van der Waals surface area (Å²) in [5.41, 5.74) is 1.82. The summed E-state index contributed by atoms with van der Waals surface area (Å²) in [6.07, 6.45) is 1.44. The summed E-state index contributed by atoms with van der Waals surface area (Å²) in [6.45, 7) is 13.9. The minimum absolute atomic E-state index is 0.0454. The molecule has 0 heterocycles. The first-order chi connectivity index (χ1) is 16.9. The summed E-state index contributed by atoms with van der Waals surface area (Å²) in [4.78, 5) is 45.1. The van der Waals surface area contributed by atoms with Gasteiger partial charge < -0.3 is 24.4 Å². The Kier molecular flexibility index (Phi) is 15.7. The quantitative estimate of drug-likeness (QED) is 0.191. The first-order valence-electron chi connectivity index (χ1n) is 11.0. The van der Waals surface area contributed by atoms with Crippen LogP contribution >= 0.6 is 0 Å². The molecule has 0 saturated carbocycles. The number of esters is 4. The monoisotopic (exact) mass is 502 g/mol. The van der Waals surface area contributed by atoms with E-state index in [9.17, 15) is 24.3 Å². The lowest BCUT2D eigenvalue weighted by atomic mass is 10.1. The Bertz CT molecular complexity index is 950. The average molecular weight is 503 g/mol. The average Bonchev–Trinajstić information content (AvgIpc) is 2.85. The summed E-state index contributed by atoms with van der Waals surface area (Å²) in [5.74, 6) is -2.66. The molecule has 0 aromatic heterocycles. The minimum Gasteiger partial charge on any atom is -0.458 e. The highest BCUT2D eigenvalue weighted by Crippen LogP contribution is 2.10. The predicted molar refractivity (Wildman–Crippen MR) is 134 cm³/mol. The zero-order chi connectivity index (χ0) is 27.7. The van der Waals surface area contributed by atoms with Gasteiger partial charge in [-0.3, -0.25) is 0 Å². The molecule has 0 fully saturated rings. The lowest BCUT2D eigenvalue weighted by molar-refractivity contribution is -0.156. The van der Waals surface area contributed by atoms with Gasteiger partial charge in [-0.05, 0) is 45.3 Å².